The maximum absolute atomic E-state index is 12.0. The first kappa shape index (κ1) is 17.7. The van der Waals surface area contributed by atoms with Crippen LogP contribution in [0.25, 0.3) is 0 Å². The Kier molecular flexibility index (Phi) is 7.44. The Morgan fingerprint density at radius 2 is 2.14 bits per heavy atom. The standard InChI is InChI=1S/C12H14F3N3OS2/c1-16-10-4-2-3-9(7-10)8-20-6-5-11(17-19)18-21-12(13,14)15/h2-4,7,19H,1,5-6,8H2,(H,17,18). The number of amidine groups is 1. The van der Waals surface area contributed by atoms with Gasteiger partial charge in [-0.3, -0.25) is 4.99 Å². The summed E-state index contributed by atoms with van der Waals surface area (Å²) in [5.74, 6) is 1.11. The maximum Gasteiger partial charge on any atom is 0.461 e. The summed E-state index contributed by atoms with van der Waals surface area (Å²) in [7, 11) is 0. The molecule has 1 aromatic carbocycles. The molecule has 0 bridgehead atoms. The number of hydrogen-bond donors (Lipinski definition) is 2. The van der Waals surface area contributed by atoms with Crippen molar-refractivity contribution >= 4 is 42.0 Å². The molecule has 0 aliphatic carbocycles. The van der Waals surface area contributed by atoms with E-state index in [-0.39, 0.29) is 12.3 Å². The Hall–Kier alpha value is -1.35. The third-order valence-corrected chi connectivity index (χ3v) is 3.85. The van der Waals surface area contributed by atoms with Gasteiger partial charge < -0.3 is 9.93 Å². The van der Waals surface area contributed by atoms with Crippen LogP contribution in [0.4, 0.5) is 18.9 Å². The van der Waals surface area contributed by atoms with Crippen molar-refractivity contribution in [2.24, 2.45) is 10.1 Å². The van der Waals surface area contributed by atoms with Gasteiger partial charge in [0.05, 0.1) is 17.6 Å². The molecule has 0 aliphatic rings. The lowest BCUT2D eigenvalue weighted by Crippen LogP contribution is -2.21. The molecule has 0 unspecified atom stereocenters. The predicted octanol–water partition coefficient (Wildman–Crippen LogP) is 4.19. The van der Waals surface area contributed by atoms with Gasteiger partial charge in [-0.25, -0.2) is 0 Å². The number of thioether (sulfide) groups is 1. The first-order valence-electron chi connectivity index (χ1n) is 5.79. The maximum atomic E-state index is 12.0. The zero-order valence-electron chi connectivity index (χ0n) is 10.9. The number of aliphatic imine (C=N–C) groups is 1. The van der Waals surface area contributed by atoms with Crippen LogP contribution in [0.3, 0.4) is 0 Å². The van der Waals surface area contributed by atoms with E-state index in [1.165, 1.54) is 11.8 Å². The van der Waals surface area contributed by atoms with Crippen LogP contribution < -0.4 is 4.72 Å². The van der Waals surface area contributed by atoms with Crippen molar-refractivity contribution in [3.8, 4) is 0 Å². The molecule has 0 fully saturated rings. The average Bonchev–Trinajstić information content (AvgIpc) is 2.45. The van der Waals surface area contributed by atoms with Crippen LogP contribution in [0, 0.1) is 0 Å². The van der Waals surface area contributed by atoms with Crippen molar-refractivity contribution < 1.29 is 18.4 Å². The van der Waals surface area contributed by atoms with Crippen molar-refractivity contribution in [1.82, 2.24) is 4.72 Å². The summed E-state index contributed by atoms with van der Waals surface area (Å²) >= 11 is 1.07. The molecule has 0 amide bonds. The molecule has 1 aromatic rings. The molecule has 0 aromatic heterocycles. The second-order valence-electron chi connectivity index (χ2n) is 3.83. The van der Waals surface area contributed by atoms with Gasteiger partial charge >= 0.3 is 5.51 Å². The molecular weight excluding hydrogens is 323 g/mol. The minimum atomic E-state index is -4.42. The second-order valence-corrected chi connectivity index (χ2v) is 5.80. The SMILES string of the molecule is C=Nc1cccc(CSCCC(=NO)NSC(F)(F)F)c1. The quantitative estimate of drug-likeness (QED) is 0.196. The van der Waals surface area contributed by atoms with E-state index in [2.05, 4.69) is 16.9 Å². The van der Waals surface area contributed by atoms with Crippen LogP contribution in [-0.4, -0.2) is 29.0 Å². The lowest BCUT2D eigenvalue weighted by molar-refractivity contribution is -0.0332. The Bertz CT molecular complexity index is 495. The Balaban J connectivity index is 2.30. The van der Waals surface area contributed by atoms with Gasteiger partial charge in [0, 0.05) is 17.9 Å². The minimum Gasteiger partial charge on any atom is -0.409 e. The highest BCUT2D eigenvalue weighted by molar-refractivity contribution is 7.99. The summed E-state index contributed by atoms with van der Waals surface area (Å²) < 4.78 is 37.9. The normalized spacial score (nSPS) is 12.2. The molecule has 4 nitrogen and oxygen atoms in total. The van der Waals surface area contributed by atoms with E-state index >= 15 is 0 Å². The third-order valence-electron chi connectivity index (χ3n) is 2.25. The van der Waals surface area contributed by atoms with Gasteiger partial charge in [0.2, 0.25) is 0 Å². The zero-order valence-corrected chi connectivity index (χ0v) is 12.6. The predicted molar refractivity (Wildman–Crippen MR) is 82.4 cm³/mol. The highest BCUT2D eigenvalue weighted by Crippen LogP contribution is 2.27. The fourth-order valence-corrected chi connectivity index (χ4v) is 2.62. The van der Waals surface area contributed by atoms with Crippen LogP contribution >= 0.6 is 23.7 Å². The molecule has 116 valence electrons. The summed E-state index contributed by atoms with van der Waals surface area (Å²) in [6, 6.07) is 7.51. The van der Waals surface area contributed by atoms with Gasteiger partial charge in [-0.1, -0.05) is 17.3 Å². The highest BCUT2D eigenvalue weighted by Gasteiger charge is 2.29. The smallest absolute Gasteiger partial charge is 0.409 e. The molecule has 2 N–H and O–H groups in total. The third kappa shape index (κ3) is 7.86. The van der Waals surface area contributed by atoms with Gasteiger partial charge in [0.1, 0.15) is 0 Å². The number of benzene rings is 1. The van der Waals surface area contributed by atoms with Crippen molar-refractivity contribution in [3.63, 3.8) is 0 Å². The number of nitrogens with zero attached hydrogens (tertiary/aromatic N) is 2. The highest BCUT2D eigenvalue weighted by atomic mass is 32.2. The lowest BCUT2D eigenvalue weighted by atomic mass is 10.2. The Morgan fingerprint density at radius 3 is 2.76 bits per heavy atom. The Morgan fingerprint density at radius 1 is 1.38 bits per heavy atom. The summed E-state index contributed by atoms with van der Waals surface area (Å²) in [6.45, 7) is 3.44. The first-order chi connectivity index (χ1) is 9.94. The van der Waals surface area contributed by atoms with Crippen LogP contribution in [0.2, 0.25) is 0 Å². The summed E-state index contributed by atoms with van der Waals surface area (Å²) in [4.78, 5) is 3.82. The van der Waals surface area contributed by atoms with Crippen LogP contribution in [0.5, 0.6) is 0 Å². The van der Waals surface area contributed by atoms with E-state index in [1.54, 1.807) is 0 Å². The van der Waals surface area contributed by atoms with Crippen molar-refractivity contribution in [1.29, 1.82) is 0 Å². The van der Waals surface area contributed by atoms with E-state index in [4.69, 9.17) is 5.21 Å². The van der Waals surface area contributed by atoms with E-state index in [0.717, 1.165) is 11.3 Å². The summed E-state index contributed by atoms with van der Waals surface area (Å²) in [5.41, 5.74) is -2.60. The van der Waals surface area contributed by atoms with Gasteiger partial charge in [-0.05, 0) is 24.4 Å². The summed E-state index contributed by atoms with van der Waals surface area (Å²) in [6.07, 6.45) is 0.212. The van der Waals surface area contributed by atoms with E-state index in [0.29, 0.717) is 11.5 Å². The van der Waals surface area contributed by atoms with Crippen molar-refractivity contribution in [2.45, 2.75) is 17.7 Å². The summed E-state index contributed by atoms with van der Waals surface area (Å²) in [5, 5.41) is 11.4. The molecule has 9 heteroatoms. The van der Waals surface area contributed by atoms with Gasteiger partial charge in [0.15, 0.2) is 5.84 Å². The Labute approximate surface area is 129 Å². The largest absolute Gasteiger partial charge is 0.461 e. The van der Waals surface area contributed by atoms with Crippen LogP contribution in [0.1, 0.15) is 12.0 Å². The van der Waals surface area contributed by atoms with E-state index < -0.39 is 17.5 Å². The number of nitrogens with one attached hydrogen (secondary N) is 1. The number of halogens is 3. The lowest BCUT2D eigenvalue weighted by Gasteiger charge is -2.09. The number of hydrogen-bond acceptors (Lipinski definition) is 5. The topological polar surface area (TPSA) is 57.0 Å². The van der Waals surface area contributed by atoms with Gasteiger partial charge in [0.25, 0.3) is 0 Å². The zero-order chi connectivity index (χ0) is 15.7. The number of alkyl halides is 3. The fourth-order valence-electron chi connectivity index (χ4n) is 1.34. The molecule has 0 heterocycles. The molecule has 0 saturated heterocycles. The first-order valence-corrected chi connectivity index (χ1v) is 7.77. The van der Waals surface area contributed by atoms with E-state index in [9.17, 15) is 13.2 Å². The van der Waals surface area contributed by atoms with Gasteiger partial charge in [-0.2, -0.15) is 24.9 Å². The molecular formula is C12H14F3N3OS2. The fraction of sp³-hybridized carbons (Fsp3) is 0.333. The van der Waals surface area contributed by atoms with Gasteiger partial charge in [-0.15, -0.1) is 0 Å². The minimum absolute atomic E-state index is 0.105. The van der Waals surface area contributed by atoms with Crippen LogP contribution in [0.15, 0.2) is 34.4 Å². The molecule has 0 saturated carbocycles. The molecule has 1 rings (SSSR count). The number of rotatable bonds is 7. The molecule has 0 atom stereocenters. The molecule has 0 radical (unpaired) electrons. The second kappa shape index (κ2) is 8.83. The van der Waals surface area contributed by atoms with E-state index in [1.807, 2.05) is 29.0 Å². The van der Waals surface area contributed by atoms with Crippen molar-refractivity contribution in [3.05, 3.63) is 29.8 Å². The van der Waals surface area contributed by atoms with Crippen LogP contribution in [-0.2, 0) is 5.75 Å². The van der Waals surface area contributed by atoms with Crippen molar-refractivity contribution in [2.75, 3.05) is 5.75 Å². The molecule has 21 heavy (non-hydrogen) atoms. The monoisotopic (exact) mass is 337 g/mol. The number of oxime groups is 1. The average molecular weight is 337 g/mol. The molecule has 0 aliphatic heterocycles. The molecule has 0 spiro atoms.